The van der Waals surface area contributed by atoms with Crippen molar-refractivity contribution in [3.8, 4) is 11.5 Å². The fraction of sp³-hybridized carbons (Fsp3) is 0.400. The first-order valence-electron chi connectivity index (χ1n) is 5.03. The van der Waals surface area contributed by atoms with Crippen molar-refractivity contribution in [2.45, 2.75) is 0 Å². The Morgan fingerprint density at radius 3 is 2.11 bits per heavy atom. The lowest BCUT2D eigenvalue weighted by Gasteiger charge is -2.16. The van der Waals surface area contributed by atoms with Crippen LogP contribution in [0.15, 0.2) is 12.1 Å². The Kier molecular flexibility index (Phi) is 4.25. The molecule has 18 heavy (non-hydrogen) atoms. The van der Waals surface area contributed by atoms with Crippen molar-refractivity contribution in [2.75, 3.05) is 38.8 Å². The topological polar surface area (TPSA) is 93.9 Å². The smallest absolute Gasteiger partial charge is 0.301 e. The second-order valence-electron chi connectivity index (χ2n) is 3.68. The van der Waals surface area contributed by atoms with Crippen LogP contribution in [0.5, 0.6) is 11.5 Å². The molecular formula is C10H17N3O4S. The molecule has 8 heteroatoms. The molecule has 0 atom stereocenters. The van der Waals surface area contributed by atoms with Crippen LogP contribution in [0, 0.1) is 0 Å². The van der Waals surface area contributed by atoms with Gasteiger partial charge >= 0.3 is 10.2 Å². The van der Waals surface area contributed by atoms with Gasteiger partial charge < -0.3 is 15.2 Å². The molecule has 0 unspecified atom stereocenters. The molecule has 0 saturated carbocycles. The molecule has 0 spiro atoms. The number of rotatable bonds is 5. The van der Waals surface area contributed by atoms with Gasteiger partial charge in [0.15, 0.2) is 11.5 Å². The third-order valence-corrected chi connectivity index (χ3v) is 3.71. The average Bonchev–Trinajstić information content (AvgIpc) is 2.30. The van der Waals surface area contributed by atoms with Gasteiger partial charge in [-0.3, -0.25) is 4.72 Å². The second kappa shape index (κ2) is 5.32. The van der Waals surface area contributed by atoms with E-state index < -0.39 is 10.2 Å². The number of anilines is 2. The number of ether oxygens (including phenoxy) is 2. The number of nitrogens with zero attached hydrogens (tertiary/aromatic N) is 1. The third-order valence-electron chi connectivity index (χ3n) is 2.28. The molecule has 0 aliphatic carbocycles. The van der Waals surface area contributed by atoms with E-state index in [4.69, 9.17) is 15.2 Å². The van der Waals surface area contributed by atoms with Crippen molar-refractivity contribution >= 4 is 21.6 Å². The fourth-order valence-electron chi connectivity index (χ4n) is 1.21. The lowest BCUT2D eigenvalue weighted by atomic mass is 10.2. The summed E-state index contributed by atoms with van der Waals surface area (Å²) in [6, 6.07) is 2.96. The molecule has 1 aromatic rings. The molecule has 0 aliphatic rings. The van der Waals surface area contributed by atoms with Crippen LogP contribution in [0.3, 0.4) is 0 Å². The van der Waals surface area contributed by atoms with Crippen molar-refractivity contribution in [2.24, 2.45) is 0 Å². The Labute approximate surface area is 107 Å². The van der Waals surface area contributed by atoms with Gasteiger partial charge in [0.1, 0.15) is 0 Å². The van der Waals surface area contributed by atoms with Crippen LogP contribution in [0.2, 0.25) is 0 Å². The molecule has 3 N–H and O–H groups in total. The third kappa shape index (κ3) is 2.96. The van der Waals surface area contributed by atoms with Crippen molar-refractivity contribution in [1.82, 2.24) is 4.31 Å². The van der Waals surface area contributed by atoms with Gasteiger partial charge in [-0.05, 0) is 0 Å². The molecule has 7 nitrogen and oxygen atoms in total. The molecular weight excluding hydrogens is 258 g/mol. The Morgan fingerprint density at radius 2 is 1.67 bits per heavy atom. The predicted octanol–water partition coefficient (Wildman–Crippen LogP) is 0.504. The Morgan fingerprint density at radius 1 is 1.17 bits per heavy atom. The average molecular weight is 275 g/mol. The molecule has 1 aromatic carbocycles. The van der Waals surface area contributed by atoms with Gasteiger partial charge in [-0.25, -0.2) is 0 Å². The zero-order valence-electron chi connectivity index (χ0n) is 10.7. The van der Waals surface area contributed by atoms with Gasteiger partial charge in [0.25, 0.3) is 0 Å². The number of nitrogens with one attached hydrogen (secondary N) is 1. The maximum absolute atomic E-state index is 11.7. The summed E-state index contributed by atoms with van der Waals surface area (Å²) in [6.45, 7) is 0. The van der Waals surface area contributed by atoms with Crippen molar-refractivity contribution in [3.05, 3.63) is 12.1 Å². The number of hydrogen-bond donors (Lipinski definition) is 2. The largest absolute Gasteiger partial charge is 0.493 e. The highest BCUT2D eigenvalue weighted by atomic mass is 32.2. The Balaban J connectivity index is 3.19. The maximum Gasteiger partial charge on any atom is 0.301 e. The standard InChI is InChI=1S/C10H17N3O4S/c1-13(2)18(14,15)12-8-6-10(17-4)9(16-3)5-7(8)11/h5-6,12H,11H2,1-4H3. The van der Waals surface area contributed by atoms with Gasteiger partial charge in [-0.2, -0.15) is 12.7 Å². The summed E-state index contributed by atoms with van der Waals surface area (Å²) in [5.41, 5.74) is 6.23. The van der Waals surface area contributed by atoms with Crippen LogP contribution in [-0.4, -0.2) is 41.0 Å². The molecule has 0 saturated heterocycles. The number of nitrogen functional groups attached to an aromatic ring is 1. The lowest BCUT2D eigenvalue weighted by Crippen LogP contribution is -2.29. The first-order chi connectivity index (χ1) is 8.31. The molecule has 0 radical (unpaired) electrons. The van der Waals surface area contributed by atoms with Gasteiger partial charge in [0, 0.05) is 26.2 Å². The van der Waals surface area contributed by atoms with E-state index in [1.54, 1.807) is 0 Å². The first kappa shape index (κ1) is 14.4. The van der Waals surface area contributed by atoms with E-state index in [1.165, 1.54) is 40.4 Å². The van der Waals surface area contributed by atoms with Crippen molar-refractivity contribution in [3.63, 3.8) is 0 Å². The fourth-order valence-corrected chi connectivity index (χ4v) is 1.85. The summed E-state index contributed by atoms with van der Waals surface area (Å²) < 4.78 is 36.9. The van der Waals surface area contributed by atoms with Crippen LogP contribution in [0.1, 0.15) is 0 Å². The van der Waals surface area contributed by atoms with Crippen molar-refractivity contribution in [1.29, 1.82) is 0 Å². The van der Waals surface area contributed by atoms with E-state index in [2.05, 4.69) is 4.72 Å². The van der Waals surface area contributed by atoms with Gasteiger partial charge in [0.05, 0.1) is 25.6 Å². The summed E-state index contributed by atoms with van der Waals surface area (Å²) in [4.78, 5) is 0. The summed E-state index contributed by atoms with van der Waals surface area (Å²) in [5.74, 6) is 0.825. The molecule has 102 valence electrons. The highest BCUT2D eigenvalue weighted by molar-refractivity contribution is 7.90. The molecule has 0 bridgehead atoms. The number of nitrogens with two attached hydrogens (primary N) is 1. The molecule has 0 heterocycles. The van der Waals surface area contributed by atoms with E-state index in [9.17, 15) is 8.42 Å². The molecule has 1 rings (SSSR count). The van der Waals surface area contributed by atoms with Crippen molar-refractivity contribution < 1.29 is 17.9 Å². The van der Waals surface area contributed by atoms with Crippen LogP contribution in [-0.2, 0) is 10.2 Å². The van der Waals surface area contributed by atoms with Crippen LogP contribution in [0.25, 0.3) is 0 Å². The van der Waals surface area contributed by atoms with E-state index in [0.717, 1.165) is 4.31 Å². The summed E-state index contributed by atoms with van der Waals surface area (Å²) in [7, 11) is 2.15. The molecule has 0 amide bonds. The highest BCUT2D eigenvalue weighted by Gasteiger charge is 2.17. The quantitative estimate of drug-likeness (QED) is 0.763. The number of hydrogen-bond acceptors (Lipinski definition) is 5. The van der Waals surface area contributed by atoms with E-state index in [-0.39, 0.29) is 11.4 Å². The number of benzene rings is 1. The molecule has 0 fully saturated rings. The molecule has 0 aromatic heterocycles. The predicted molar refractivity (Wildman–Crippen MR) is 70.2 cm³/mol. The van der Waals surface area contributed by atoms with Gasteiger partial charge in [0.2, 0.25) is 0 Å². The van der Waals surface area contributed by atoms with Gasteiger partial charge in [-0.15, -0.1) is 0 Å². The summed E-state index contributed by atoms with van der Waals surface area (Å²) in [5, 5.41) is 0. The Hall–Kier alpha value is -1.67. The van der Waals surface area contributed by atoms with E-state index in [0.29, 0.717) is 11.5 Å². The Bertz CT molecular complexity index is 528. The normalized spacial score (nSPS) is 11.4. The van der Waals surface area contributed by atoms with E-state index in [1.807, 2.05) is 0 Å². The zero-order valence-corrected chi connectivity index (χ0v) is 11.5. The minimum absolute atomic E-state index is 0.237. The summed E-state index contributed by atoms with van der Waals surface area (Å²) in [6.07, 6.45) is 0. The summed E-state index contributed by atoms with van der Waals surface area (Å²) >= 11 is 0. The minimum atomic E-state index is -3.61. The monoisotopic (exact) mass is 275 g/mol. The highest BCUT2D eigenvalue weighted by Crippen LogP contribution is 2.35. The first-order valence-corrected chi connectivity index (χ1v) is 6.47. The van der Waals surface area contributed by atoms with Crippen LogP contribution >= 0.6 is 0 Å². The van der Waals surface area contributed by atoms with Crippen LogP contribution in [0.4, 0.5) is 11.4 Å². The number of methoxy groups -OCH3 is 2. The van der Waals surface area contributed by atoms with Crippen LogP contribution < -0.4 is 19.9 Å². The second-order valence-corrected chi connectivity index (χ2v) is 5.57. The van der Waals surface area contributed by atoms with Gasteiger partial charge in [-0.1, -0.05) is 0 Å². The lowest BCUT2D eigenvalue weighted by molar-refractivity contribution is 0.355. The molecule has 0 aliphatic heterocycles. The van der Waals surface area contributed by atoms with E-state index >= 15 is 0 Å². The maximum atomic E-state index is 11.7. The minimum Gasteiger partial charge on any atom is -0.493 e. The SMILES string of the molecule is COc1cc(N)c(NS(=O)(=O)N(C)C)cc1OC. The zero-order chi connectivity index (χ0) is 13.9.